The Balaban J connectivity index is 2.46. The van der Waals surface area contributed by atoms with E-state index >= 15 is 0 Å². The highest BCUT2D eigenvalue weighted by molar-refractivity contribution is 5.84. The van der Waals surface area contributed by atoms with Gasteiger partial charge in [-0.3, -0.25) is 4.79 Å². The van der Waals surface area contributed by atoms with Crippen LogP contribution in [-0.4, -0.2) is 11.0 Å². The molecule has 1 amide bonds. The summed E-state index contributed by atoms with van der Waals surface area (Å²) < 4.78 is 0. The summed E-state index contributed by atoms with van der Waals surface area (Å²) in [5.41, 5.74) is 6.02. The normalized spacial score (nSPS) is 13.9. The van der Waals surface area contributed by atoms with Crippen molar-refractivity contribution in [3.8, 4) is 11.1 Å². The molecule has 0 saturated carbocycles. The van der Waals surface area contributed by atoms with E-state index in [4.69, 9.17) is 5.73 Å². The van der Waals surface area contributed by atoms with Crippen LogP contribution in [-0.2, 0) is 10.4 Å². The number of carbonyl (C=O) groups excluding carboxylic acids is 1. The van der Waals surface area contributed by atoms with E-state index in [1.54, 1.807) is 18.2 Å². The third-order valence-corrected chi connectivity index (χ3v) is 3.01. The zero-order valence-corrected chi connectivity index (χ0v) is 10.1. The van der Waals surface area contributed by atoms with Gasteiger partial charge in [0.05, 0.1) is 0 Å². The molecule has 1 unspecified atom stereocenters. The summed E-state index contributed by atoms with van der Waals surface area (Å²) in [4.78, 5) is 11.2. The van der Waals surface area contributed by atoms with Crippen LogP contribution in [0.1, 0.15) is 12.5 Å². The Morgan fingerprint density at radius 1 is 1.06 bits per heavy atom. The van der Waals surface area contributed by atoms with Gasteiger partial charge in [0.15, 0.2) is 5.60 Å². The Hall–Kier alpha value is -2.13. The van der Waals surface area contributed by atoms with E-state index in [1.165, 1.54) is 6.92 Å². The Morgan fingerprint density at radius 3 is 2.28 bits per heavy atom. The Morgan fingerprint density at radius 2 is 1.67 bits per heavy atom. The molecule has 2 aromatic carbocycles. The molecule has 2 aromatic rings. The van der Waals surface area contributed by atoms with Crippen molar-refractivity contribution in [2.45, 2.75) is 12.5 Å². The summed E-state index contributed by atoms with van der Waals surface area (Å²) in [6.07, 6.45) is 0. The quantitative estimate of drug-likeness (QED) is 0.863. The third-order valence-electron chi connectivity index (χ3n) is 3.01. The van der Waals surface area contributed by atoms with Gasteiger partial charge in [-0.1, -0.05) is 48.5 Å². The highest BCUT2D eigenvalue weighted by Gasteiger charge is 2.29. The van der Waals surface area contributed by atoms with Crippen molar-refractivity contribution in [1.82, 2.24) is 0 Å². The lowest BCUT2D eigenvalue weighted by molar-refractivity contribution is -0.135. The molecule has 0 saturated heterocycles. The molecule has 2 rings (SSSR count). The van der Waals surface area contributed by atoms with Gasteiger partial charge in [0.1, 0.15) is 0 Å². The average Bonchev–Trinajstić information content (AvgIpc) is 2.40. The first kappa shape index (κ1) is 12.3. The molecule has 3 N–H and O–H groups in total. The maximum atomic E-state index is 11.2. The average molecular weight is 241 g/mol. The van der Waals surface area contributed by atoms with E-state index in [1.807, 2.05) is 36.4 Å². The van der Waals surface area contributed by atoms with E-state index in [0.29, 0.717) is 5.56 Å². The fourth-order valence-electron chi connectivity index (χ4n) is 1.77. The molecular formula is C15H15NO2. The van der Waals surface area contributed by atoms with Crippen LogP contribution in [0.15, 0.2) is 54.6 Å². The predicted molar refractivity (Wildman–Crippen MR) is 70.6 cm³/mol. The highest BCUT2D eigenvalue weighted by atomic mass is 16.3. The first-order valence-corrected chi connectivity index (χ1v) is 5.70. The lowest BCUT2D eigenvalue weighted by Crippen LogP contribution is -2.38. The number of amides is 1. The minimum Gasteiger partial charge on any atom is -0.376 e. The highest BCUT2D eigenvalue weighted by Crippen LogP contribution is 2.26. The van der Waals surface area contributed by atoms with Gasteiger partial charge >= 0.3 is 0 Å². The Bertz CT molecular complexity index is 562. The van der Waals surface area contributed by atoms with Gasteiger partial charge < -0.3 is 10.8 Å². The summed E-state index contributed by atoms with van der Waals surface area (Å²) in [5.74, 6) is -0.757. The number of hydrogen-bond donors (Lipinski definition) is 2. The molecule has 0 aliphatic carbocycles. The van der Waals surface area contributed by atoms with E-state index in [-0.39, 0.29) is 0 Å². The number of hydrogen-bond acceptors (Lipinski definition) is 2. The smallest absolute Gasteiger partial charge is 0.253 e. The summed E-state index contributed by atoms with van der Waals surface area (Å²) >= 11 is 0. The minimum absolute atomic E-state index is 0.497. The van der Waals surface area contributed by atoms with Crippen LogP contribution < -0.4 is 5.73 Å². The first-order valence-electron chi connectivity index (χ1n) is 5.70. The molecule has 0 bridgehead atoms. The monoisotopic (exact) mass is 241 g/mol. The Labute approximate surface area is 106 Å². The largest absolute Gasteiger partial charge is 0.376 e. The van der Waals surface area contributed by atoms with Crippen LogP contribution >= 0.6 is 0 Å². The van der Waals surface area contributed by atoms with Gasteiger partial charge in [0.25, 0.3) is 5.91 Å². The van der Waals surface area contributed by atoms with Gasteiger partial charge in [-0.2, -0.15) is 0 Å². The first-order chi connectivity index (χ1) is 8.51. The molecule has 0 aromatic heterocycles. The van der Waals surface area contributed by atoms with Gasteiger partial charge in [-0.05, 0) is 29.7 Å². The number of nitrogens with two attached hydrogens (primary N) is 1. The Kier molecular flexibility index (Phi) is 3.17. The molecule has 0 spiro atoms. The van der Waals surface area contributed by atoms with Crippen molar-refractivity contribution in [1.29, 1.82) is 0 Å². The number of primary amides is 1. The van der Waals surface area contributed by atoms with Crippen LogP contribution in [0.2, 0.25) is 0 Å². The van der Waals surface area contributed by atoms with E-state index in [2.05, 4.69) is 0 Å². The maximum Gasteiger partial charge on any atom is 0.253 e. The standard InChI is InChI=1S/C15H15NO2/c1-15(18,14(16)17)13-9-5-8-12(10-13)11-6-3-2-4-7-11/h2-10,18H,1H3,(H2,16,17). The van der Waals surface area contributed by atoms with E-state index in [9.17, 15) is 9.90 Å². The molecule has 3 nitrogen and oxygen atoms in total. The number of benzene rings is 2. The summed E-state index contributed by atoms with van der Waals surface area (Å²) in [6, 6.07) is 17.0. The van der Waals surface area contributed by atoms with Crippen LogP contribution in [0.25, 0.3) is 11.1 Å². The summed E-state index contributed by atoms with van der Waals surface area (Å²) in [5, 5.41) is 10.1. The second kappa shape index (κ2) is 4.63. The molecule has 3 heteroatoms. The molecule has 0 aliphatic rings. The molecule has 0 fully saturated rings. The lowest BCUT2D eigenvalue weighted by atomic mass is 9.92. The molecule has 0 radical (unpaired) electrons. The topological polar surface area (TPSA) is 63.3 Å². The third kappa shape index (κ3) is 2.26. The van der Waals surface area contributed by atoms with Crippen molar-refractivity contribution in [2.24, 2.45) is 5.73 Å². The number of carbonyl (C=O) groups is 1. The molecule has 92 valence electrons. The number of aliphatic hydroxyl groups is 1. The van der Waals surface area contributed by atoms with E-state index in [0.717, 1.165) is 11.1 Å². The fraction of sp³-hybridized carbons (Fsp3) is 0.133. The molecule has 18 heavy (non-hydrogen) atoms. The fourth-order valence-corrected chi connectivity index (χ4v) is 1.77. The van der Waals surface area contributed by atoms with Crippen molar-refractivity contribution in [3.05, 3.63) is 60.2 Å². The van der Waals surface area contributed by atoms with Crippen LogP contribution in [0, 0.1) is 0 Å². The van der Waals surface area contributed by atoms with Crippen molar-refractivity contribution in [2.75, 3.05) is 0 Å². The summed E-state index contributed by atoms with van der Waals surface area (Å²) in [6.45, 7) is 1.40. The van der Waals surface area contributed by atoms with Gasteiger partial charge in [-0.25, -0.2) is 0 Å². The van der Waals surface area contributed by atoms with Crippen LogP contribution in [0.4, 0.5) is 0 Å². The summed E-state index contributed by atoms with van der Waals surface area (Å²) in [7, 11) is 0. The minimum atomic E-state index is -1.65. The van der Waals surface area contributed by atoms with Crippen LogP contribution in [0.3, 0.4) is 0 Å². The van der Waals surface area contributed by atoms with Crippen molar-refractivity contribution in [3.63, 3.8) is 0 Å². The zero-order valence-electron chi connectivity index (χ0n) is 10.1. The SMILES string of the molecule is CC(O)(C(N)=O)c1cccc(-c2ccccc2)c1. The van der Waals surface area contributed by atoms with Gasteiger partial charge in [0, 0.05) is 0 Å². The zero-order chi connectivity index (χ0) is 13.2. The number of rotatable bonds is 3. The van der Waals surface area contributed by atoms with Crippen molar-refractivity contribution < 1.29 is 9.90 Å². The molecule has 0 heterocycles. The van der Waals surface area contributed by atoms with Gasteiger partial charge in [0.2, 0.25) is 0 Å². The van der Waals surface area contributed by atoms with E-state index < -0.39 is 11.5 Å². The molecule has 0 aliphatic heterocycles. The lowest BCUT2D eigenvalue weighted by Gasteiger charge is -2.20. The second-order valence-electron chi connectivity index (χ2n) is 4.38. The molecular weight excluding hydrogens is 226 g/mol. The maximum absolute atomic E-state index is 11.2. The van der Waals surface area contributed by atoms with Crippen molar-refractivity contribution >= 4 is 5.91 Å². The van der Waals surface area contributed by atoms with Gasteiger partial charge in [-0.15, -0.1) is 0 Å². The second-order valence-corrected chi connectivity index (χ2v) is 4.38. The molecule has 1 atom stereocenters. The van der Waals surface area contributed by atoms with Crippen LogP contribution in [0.5, 0.6) is 0 Å². The predicted octanol–water partition coefficient (Wildman–Crippen LogP) is 2.05.